The first kappa shape index (κ1) is 20.9. The van der Waals surface area contributed by atoms with Crippen molar-refractivity contribution in [1.29, 1.82) is 0 Å². The summed E-state index contributed by atoms with van der Waals surface area (Å²) in [5.41, 5.74) is -1.03. The minimum absolute atomic E-state index is 0.0933. The summed E-state index contributed by atoms with van der Waals surface area (Å²) in [4.78, 5) is 13.3. The van der Waals surface area contributed by atoms with Crippen LogP contribution in [0, 0.1) is 5.92 Å². The zero-order valence-corrected chi connectivity index (χ0v) is 15.8. The van der Waals surface area contributed by atoms with Crippen LogP contribution in [-0.4, -0.2) is 34.9 Å². The van der Waals surface area contributed by atoms with Crippen molar-refractivity contribution in [3.8, 4) is 0 Å². The molecule has 26 heavy (non-hydrogen) atoms. The Morgan fingerprint density at radius 1 is 1.19 bits per heavy atom. The van der Waals surface area contributed by atoms with Gasteiger partial charge in [0.1, 0.15) is 5.60 Å². The lowest BCUT2D eigenvalue weighted by Gasteiger charge is -2.36. The molecular weight excluding hydrogens is 370 g/mol. The molecule has 1 aliphatic rings. The van der Waals surface area contributed by atoms with Gasteiger partial charge in [0.25, 0.3) is 6.43 Å². The van der Waals surface area contributed by atoms with Crippen LogP contribution in [0.15, 0.2) is 29.2 Å². The van der Waals surface area contributed by atoms with Crippen molar-refractivity contribution in [2.75, 3.05) is 13.1 Å². The van der Waals surface area contributed by atoms with E-state index in [4.69, 9.17) is 4.74 Å². The van der Waals surface area contributed by atoms with Crippen molar-refractivity contribution in [1.82, 2.24) is 4.90 Å². The second kappa shape index (κ2) is 8.06. The quantitative estimate of drug-likeness (QED) is 0.467. The topological polar surface area (TPSA) is 29.5 Å². The molecule has 1 amide bonds. The second-order valence-electron chi connectivity index (χ2n) is 7.24. The first-order valence-corrected chi connectivity index (χ1v) is 9.23. The lowest BCUT2D eigenvalue weighted by molar-refractivity contribution is -0.0125. The maximum absolute atomic E-state index is 14.6. The number of likely N-dealkylation sites (tertiary alicyclic amines) is 1. The van der Waals surface area contributed by atoms with Gasteiger partial charge in [-0.1, -0.05) is 30.0 Å². The van der Waals surface area contributed by atoms with Gasteiger partial charge in [-0.25, -0.2) is 13.6 Å². The third-order valence-corrected chi connectivity index (χ3v) is 5.22. The molecule has 3 nitrogen and oxygen atoms in total. The van der Waals surface area contributed by atoms with Crippen molar-refractivity contribution >= 4 is 17.9 Å². The number of nitrogens with zero attached hydrogens (tertiary/aromatic N) is 1. The normalized spacial score (nSPS) is 16.8. The van der Waals surface area contributed by atoms with Crippen LogP contribution >= 0.6 is 11.8 Å². The van der Waals surface area contributed by atoms with Crippen molar-refractivity contribution in [3.63, 3.8) is 0 Å². The molecule has 1 aliphatic heterocycles. The maximum atomic E-state index is 14.6. The predicted octanol–water partition coefficient (Wildman–Crippen LogP) is 5.96. The number of carbonyl (C=O) groups is 1. The maximum Gasteiger partial charge on any atom is 0.410 e. The Labute approximate surface area is 155 Å². The Kier molecular flexibility index (Phi) is 6.47. The lowest BCUT2D eigenvalue weighted by atomic mass is 9.97. The van der Waals surface area contributed by atoms with E-state index < -0.39 is 29.3 Å². The van der Waals surface area contributed by atoms with Crippen LogP contribution in [0.3, 0.4) is 0 Å². The standard InChI is InChI=1S/C18H23F4NO2S/c1-17(2,3)25-16(24)23-10-8-12(9-11-23)18(21,22)26-14-7-5-4-6-13(14)15(19)20/h4-7,12,15H,8-11H2,1-3H3. The second-order valence-corrected chi connectivity index (χ2v) is 8.43. The summed E-state index contributed by atoms with van der Waals surface area (Å²) in [5.74, 6) is -0.989. The summed E-state index contributed by atoms with van der Waals surface area (Å²) in [7, 11) is 0. The van der Waals surface area contributed by atoms with Gasteiger partial charge in [-0.2, -0.15) is 8.78 Å². The van der Waals surface area contributed by atoms with Gasteiger partial charge >= 0.3 is 11.3 Å². The smallest absolute Gasteiger partial charge is 0.410 e. The Morgan fingerprint density at radius 2 is 1.77 bits per heavy atom. The predicted molar refractivity (Wildman–Crippen MR) is 92.7 cm³/mol. The van der Waals surface area contributed by atoms with Gasteiger partial charge < -0.3 is 9.64 Å². The SMILES string of the molecule is CC(C)(C)OC(=O)N1CCC(C(F)(F)Sc2ccccc2C(F)F)CC1. The van der Waals surface area contributed by atoms with E-state index in [0.29, 0.717) is 0 Å². The fourth-order valence-corrected chi connectivity index (χ4v) is 3.83. The number of piperidine rings is 1. The van der Waals surface area contributed by atoms with Crippen LogP contribution in [-0.2, 0) is 4.74 Å². The fourth-order valence-electron chi connectivity index (χ4n) is 2.71. The number of carbonyl (C=O) groups excluding carboxylic acids is 1. The third kappa shape index (κ3) is 5.53. The summed E-state index contributed by atoms with van der Waals surface area (Å²) in [6.45, 7) is 5.53. The molecule has 8 heteroatoms. The number of hydrogen-bond acceptors (Lipinski definition) is 3. The molecule has 1 heterocycles. The van der Waals surface area contributed by atoms with Gasteiger partial charge in [-0.05, 0) is 39.7 Å². The molecule has 146 valence electrons. The number of rotatable bonds is 4. The highest BCUT2D eigenvalue weighted by molar-refractivity contribution is 8.00. The highest BCUT2D eigenvalue weighted by Crippen LogP contribution is 2.47. The van der Waals surface area contributed by atoms with Crippen LogP contribution < -0.4 is 0 Å². The van der Waals surface area contributed by atoms with Crippen LogP contribution in [0.1, 0.15) is 45.6 Å². The van der Waals surface area contributed by atoms with Crippen LogP contribution in [0.2, 0.25) is 0 Å². The first-order valence-electron chi connectivity index (χ1n) is 8.41. The van der Waals surface area contributed by atoms with E-state index in [2.05, 4.69) is 0 Å². The summed E-state index contributed by atoms with van der Waals surface area (Å²) in [6.07, 6.45) is -3.13. The van der Waals surface area contributed by atoms with E-state index in [1.807, 2.05) is 0 Å². The van der Waals surface area contributed by atoms with E-state index in [1.54, 1.807) is 20.8 Å². The van der Waals surface area contributed by atoms with Crippen molar-refractivity contribution in [3.05, 3.63) is 29.8 Å². The number of halogens is 4. The molecule has 0 bridgehead atoms. The van der Waals surface area contributed by atoms with Gasteiger partial charge in [0, 0.05) is 29.5 Å². The number of amides is 1. The number of alkyl halides is 4. The van der Waals surface area contributed by atoms with Crippen LogP contribution in [0.4, 0.5) is 22.4 Å². The zero-order chi connectivity index (χ0) is 19.5. The molecule has 0 radical (unpaired) electrons. The highest BCUT2D eigenvalue weighted by atomic mass is 32.2. The van der Waals surface area contributed by atoms with Crippen molar-refractivity contribution < 1.29 is 27.1 Å². The minimum Gasteiger partial charge on any atom is -0.444 e. The molecule has 1 saturated heterocycles. The minimum atomic E-state index is -3.19. The third-order valence-electron chi connectivity index (χ3n) is 4.02. The molecule has 0 unspecified atom stereocenters. The van der Waals surface area contributed by atoms with E-state index in [9.17, 15) is 22.4 Å². The van der Waals surface area contributed by atoms with Crippen molar-refractivity contribution in [2.24, 2.45) is 5.92 Å². The molecule has 0 aromatic heterocycles. The lowest BCUT2D eigenvalue weighted by Crippen LogP contribution is -2.44. The van der Waals surface area contributed by atoms with Crippen molar-refractivity contribution in [2.45, 2.75) is 55.8 Å². The van der Waals surface area contributed by atoms with E-state index in [0.717, 1.165) is 6.07 Å². The number of thioether (sulfide) groups is 1. The molecule has 0 N–H and O–H groups in total. The Bertz CT molecular complexity index is 626. The van der Waals surface area contributed by atoms with Crippen LogP contribution in [0.5, 0.6) is 0 Å². The van der Waals surface area contributed by atoms with Gasteiger partial charge in [-0.15, -0.1) is 0 Å². The molecular formula is C18H23F4NO2S. The Hall–Kier alpha value is -1.44. The van der Waals surface area contributed by atoms with E-state index >= 15 is 0 Å². The largest absolute Gasteiger partial charge is 0.444 e. The molecule has 0 aliphatic carbocycles. The summed E-state index contributed by atoms with van der Waals surface area (Å²) >= 11 is 0.179. The molecule has 0 saturated carbocycles. The molecule has 2 rings (SSSR count). The first-order chi connectivity index (χ1) is 12.0. The molecule has 0 atom stereocenters. The zero-order valence-electron chi connectivity index (χ0n) is 15.0. The van der Waals surface area contributed by atoms with Gasteiger partial charge in [-0.3, -0.25) is 0 Å². The monoisotopic (exact) mass is 393 g/mol. The summed E-state index contributed by atoms with van der Waals surface area (Å²) in [5, 5.41) is -3.19. The van der Waals surface area contributed by atoms with E-state index in [-0.39, 0.29) is 48.2 Å². The number of benzene rings is 1. The average Bonchev–Trinajstić information content (AvgIpc) is 2.53. The average molecular weight is 393 g/mol. The fraction of sp³-hybridized carbons (Fsp3) is 0.611. The van der Waals surface area contributed by atoms with Gasteiger partial charge in [0.2, 0.25) is 0 Å². The summed E-state index contributed by atoms with van der Waals surface area (Å²) in [6, 6.07) is 5.32. The highest BCUT2D eigenvalue weighted by Gasteiger charge is 2.43. The van der Waals surface area contributed by atoms with Gasteiger partial charge in [0.15, 0.2) is 0 Å². The Balaban J connectivity index is 1.99. The van der Waals surface area contributed by atoms with Gasteiger partial charge in [0.05, 0.1) is 0 Å². The van der Waals surface area contributed by atoms with E-state index in [1.165, 1.54) is 23.1 Å². The number of hydrogen-bond donors (Lipinski definition) is 0. The number of ether oxygens (including phenoxy) is 1. The molecule has 1 aromatic carbocycles. The summed E-state index contributed by atoms with van der Waals surface area (Å²) < 4.78 is 60.5. The van der Waals surface area contributed by atoms with Crippen LogP contribution in [0.25, 0.3) is 0 Å². The Morgan fingerprint density at radius 3 is 2.31 bits per heavy atom. The molecule has 1 aromatic rings. The molecule has 1 fully saturated rings. The molecule has 0 spiro atoms.